The molecule has 0 radical (unpaired) electrons. The maximum absolute atomic E-state index is 13.4. The molecule has 0 saturated carbocycles. The molecule has 2 aromatic carbocycles. The topological polar surface area (TPSA) is 181 Å². The third-order valence-corrected chi connectivity index (χ3v) is 12.7. The highest BCUT2D eigenvalue weighted by Gasteiger charge is 2.47. The Morgan fingerprint density at radius 2 is 1.72 bits per heavy atom. The Morgan fingerprint density at radius 1 is 0.948 bits per heavy atom. The average Bonchev–Trinajstić information content (AvgIpc) is 3.67. The van der Waals surface area contributed by atoms with E-state index in [4.69, 9.17) is 10.7 Å². The number of nitrogens with two attached hydrogens (primary N) is 1. The summed E-state index contributed by atoms with van der Waals surface area (Å²) in [6, 6.07) is 12.9. The predicted octanol–water partition coefficient (Wildman–Crippen LogP) is 3.15. The second-order valence-electron chi connectivity index (χ2n) is 16.8. The number of carbonyl (C=O) groups excluding carboxylic acids is 5. The van der Waals surface area contributed by atoms with E-state index in [1.54, 1.807) is 17.2 Å². The molecule has 6 aliphatic rings. The van der Waals surface area contributed by atoms with Crippen molar-refractivity contribution >= 4 is 52.7 Å². The van der Waals surface area contributed by atoms with Crippen LogP contribution in [0.5, 0.6) is 0 Å². The first-order valence-corrected chi connectivity index (χ1v) is 20.2. The van der Waals surface area contributed by atoms with Gasteiger partial charge in [0, 0.05) is 88.4 Å². The van der Waals surface area contributed by atoms with Crippen LogP contribution in [0.1, 0.15) is 75.3 Å². The Morgan fingerprint density at radius 3 is 2.47 bits per heavy atom. The SMILES string of the molecule is C=C1CCC(N2C(=O)c3ccc(CN4CC5(CCCN(c6ccc(Nc7nc(N8CCC[C@H](N9CCN(C)C9=O)C8)cnc7C(N)=O)cc6)C5)C4)cc3C2=O)C(=O)N1. The molecule has 4 N–H and O–H groups in total. The quantitative estimate of drug-likeness (QED) is 0.271. The Hall–Kier alpha value is -6.03. The molecule has 0 bridgehead atoms. The molecule has 3 aromatic rings. The highest BCUT2D eigenvalue weighted by atomic mass is 16.2. The van der Waals surface area contributed by atoms with Gasteiger partial charge in [-0.2, -0.15) is 0 Å². The summed E-state index contributed by atoms with van der Waals surface area (Å²) in [7, 11) is 1.83. The van der Waals surface area contributed by atoms with Crippen molar-refractivity contribution in [2.45, 2.75) is 57.2 Å². The average molecular weight is 788 g/mol. The van der Waals surface area contributed by atoms with Crippen molar-refractivity contribution < 1.29 is 24.0 Å². The summed E-state index contributed by atoms with van der Waals surface area (Å²) in [6.45, 7) is 11.1. The van der Waals surface area contributed by atoms with Crippen LogP contribution in [0.2, 0.25) is 0 Å². The van der Waals surface area contributed by atoms with Gasteiger partial charge in [-0.15, -0.1) is 0 Å². The molecule has 1 aromatic heterocycles. The second kappa shape index (κ2) is 14.7. The van der Waals surface area contributed by atoms with Crippen LogP contribution in [-0.4, -0.2) is 131 Å². The number of primary amides is 1. The van der Waals surface area contributed by atoms with Gasteiger partial charge in [-0.25, -0.2) is 14.8 Å². The Balaban J connectivity index is 0.818. The number of rotatable bonds is 9. The highest BCUT2D eigenvalue weighted by Crippen LogP contribution is 2.41. The third-order valence-electron chi connectivity index (χ3n) is 12.7. The number of allylic oxidation sites excluding steroid dienone is 1. The fraction of sp³-hybridized carbons (Fsp3) is 0.452. The lowest BCUT2D eigenvalue weighted by Gasteiger charge is -2.55. The van der Waals surface area contributed by atoms with Crippen LogP contribution in [0, 0.1) is 5.41 Å². The molecule has 9 rings (SSSR count). The summed E-state index contributed by atoms with van der Waals surface area (Å²) in [5.41, 5.74) is 10.1. The molecule has 302 valence electrons. The van der Waals surface area contributed by atoms with E-state index in [2.05, 4.69) is 49.0 Å². The number of benzene rings is 2. The number of piperidine rings is 3. The molecule has 5 saturated heterocycles. The minimum absolute atomic E-state index is 0.0575. The van der Waals surface area contributed by atoms with E-state index in [1.807, 2.05) is 36.2 Å². The zero-order valence-corrected chi connectivity index (χ0v) is 32.8. The Labute approximate surface area is 337 Å². The van der Waals surface area contributed by atoms with Gasteiger partial charge in [-0.3, -0.25) is 29.0 Å². The van der Waals surface area contributed by atoms with E-state index in [0.717, 1.165) is 86.8 Å². The molecule has 1 spiro atoms. The zero-order chi connectivity index (χ0) is 40.3. The Bertz CT molecular complexity index is 2210. The lowest BCUT2D eigenvalue weighted by Crippen LogP contribution is -2.62. The van der Waals surface area contributed by atoms with Gasteiger partial charge < -0.3 is 36.0 Å². The largest absolute Gasteiger partial charge is 0.371 e. The van der Waals surface area contributed by atoms with Crippen LogP contribution in [0.25, 0.3) is 0 Å². The van der Waals surface area contributed by atoms with E-state index < -0.39 is 23.8 Å². The maximum atomic E-state index is 13.4. The number of hydrogen-bond donors (Lipinski definition) is 3. The summed E-state index contributed by atoms with van der Waals surface area (Å²) in [5.74, 6) is -0.939. The number of fused-ring (bicyclic) bond motifs is 1. The first kappa shape index (κ1) is 37.5. The van der Waals surface area contributed by atoms with Crippen LogP contribution in [0.4, 0.5) is 27.8 Å². The number of likely N-dealkylation sites (N-methyl/N-ethyl adjacent to an activating group) is 1. The number of amides is 6. The van der Waals surface area contributed by atoms with Gasteiger partial charge in [0.05, 0.1) is 23.4 Å². The summed E-state index contributed by atoms with van der Waals surface area (Å²) < 4.78 is 0. The third kappa shape index (κ3) is 6.88. The molecule has 2 atom stereocenters. The van der Waals surface area contributed by atoms with Crippen molar-refractivity contribution in [2.24, 2.45) is 11.1 Å². The number of carbonyl (C=O) groups is 5. The molecular weight excluding hydrogens is 739 g/mol. The number of hydrogen-bond acceptors (Lipinski definition) is 11. The fourth-order valence-corrected chi connectivity index (χ4v) is 9.77. The molecular formula is C42H49N11O5. The number of likely N-dealkylation sites (tertiary alicyclic amines) is 1. The minimum Gasteiger partial charge on any atom is -0.371 e. The van der Waals surface area contributed by atoms with E-state index in [0.29, 0.717) is 60.9 Å². The molecule has 6 aliphatic heterocycles. The molecule has 6 amide bonds. The van der Waals surface area contributed by atoms with Crippen LogP contribution in [0.15, 0.2) is 60.9 Å². The van der Waals surface area contributed by atoms with Crippen LogP contribution in [-0.2, 0) is 11.3 Å². The van der Waals surface area contributed by atoms with Crippen LogP contribution < -0.4 is 26.2 Å². The maximum Gasteiger partial charge on any atom is 0.320 e. The number of anilines is 4. The van der Waals surface area contributed by atoms with Crippen molar-refractivity contribution in [3.63, 3.8) is 0 Å². The molecule has 1 unspecified atom stereocenters. The van der Waals surface area contributed by atoms with Crippen LogP contribution in [0.3, 0.4) is 0 Å². The fourth-order valence-electron chi connectivity index (χ4n) is 9.77. The molecule has 7 heterocycles. The zero-order valence-electron chi connectivity index (χ0n) is 32.8. The summed E-state index contributed by atoms with van der Waals surface area (Å²) in [6.07, 6.45) is 6.54. The summed E-state index contributed by atoms with van der Waals surface area (Å²) in [5, 5.41) is 5.98. The molecule has 16 nitrogen and oxygen atoms in total. The van der Waals surface area contributed by atoms with Gasteiger partial charge in [0.25, 0.3) is 17.7 Å². The standard InChI is InChI=1S/C42H49N11O5/c1-26-6-13-33(38(55)45-26)53-39(56)31-12-7-27(19-32(31)40(53)57)21-49-23-42(24-49)14-4-16-51(25-42)29-10-8-28(9-11-29)46-37-35(36(43)54)44-20-34(47-37)50-15-3-5-30(22-50)52-18-17-48(2)41(52)58/h7-12,19-20,30,33H,1,3-6,13-18,21-25H2,2H3,(H2,43,54)(H,45,55)(H,46,47)/t30-,33?/m0/s1. The molecule has 16 heteroatoms. The summed E-state index contributed by atoms with van der Waals surface area (Å²) in [4.78, 5) is 85.3. The molecule has 0 aliphatic carbocycles. The first-order chi connectivity index (χ1) is 27.9. The van der Waals surface area contributed by atoms with Gasteiger partial charge in [-0.1, -0.05) is 12.6 Å². The number of imide groups is 1. The van der Waals surface area contributed by atoms with Crippen molar-refractivity contribution in [2.75, 3.05) is 74.5 Å². The monoisotopic (exact) mass is 787 g/mol. The molecule has 5 fully saturated rings. The van der Waals surface area contributed by atoms with Gasteiger partial charge >= 0.3 is 6.03 Å². The normalized spacial score (nSPS) is 23.4. The Kier molecular flexibility index (Phi) is 9.53. The van der Waals surface area contributed by atoms with E-state index in [1.165, 1.54) is 0 Å². The minimum atomic E-state index is -0.824. The van der Waals surface area contributed by atoms with Gasteiger partial charge in [0.1, 0.15) is 11.9 Å². The van der Waals surface area contributed by atoms with Crippen molar-refractivity contribution in [1.29, 1.82) is 0 Å². The lowest BCUT2D eigenvalue weighted by atomic mass is 9.73. The second-order valence-corrected chi connectivity index (χ2v) is 16.8. The summed E-state index contributed by atoms with van der Waals surface area (Å²) >= 11 is 0. The first-order valence-electron chi connectivity index (χ1n) is 20.2. The highest BCUT2D eigenvalue weighted by molar-refractivity contribution is 6.23. The van der Waals surface area contributed by atoms with Crippen molar-refractivity contribution in [1.82, 2.24) is 34.9 Å². The van der Waals surface area contributed by atoms with Gasteiger partial charge in [-0.05, 0) is 80.5 Å². The van der Waals surface area contributed by atoms with Gasteiger partial charge in [0.15, 0.2) is 11.5 Å². The number of nitrogens with zero attached hydrogens (tertiary/aromatic N) is 8. The van der Waals surface area contributed by atoms with Gasteiger partial charge in [0.2, 0.25) is 5.91 Å². The number of aromatic nitrogens is 2. The molecule has 58 heavy (non-hydrogen) atoms. The lowest BCUT2D eigenvalue weighted by molar-refractivity contribution is -0.125. The van der Waals surface area contributed by atoms with Crippen molar-refractivity contribution in [3.05, 3.63) is 83.3 Å². The van der Waals surface area contributed by atoms with Crippen molar-refractivity contribution in [3.8, 4) is 0 Å². The van der Waals surface area contributed by atoms with Crippen LogP contribution >= 0.6 is 0 Å². The van der Waals surface area contributed by atoms with E-state index in [-0.39, 0.29) is 29.1 Å². The number of nitrogens with one attached hydrogen (secondary N) is 2. The van der Waals surface area contributed by atoms with E-state index in [9.17, 15) is 24.0 Å². The van der Waals surface area contributed by atoms with E-state index >= 15 is 0 Å². The number of urea groups is 1. The predicted molar refractivity (Wildman–Crippen MR) is 217 cm³/mol. The smallest absolute Gasteiger partial charge is 0.320 e.